The van der Waals surface area contributed by atoms with Crippen molar-refractivity contribution in [2.24, 2.45) is 5.92 Å². The van der Waals surface area contributed by atoms with Crippen molar-refractivity contribution < 1.29 is 4.74 Å². The molecule has 0 fully saturated rings. The first kappa shape index (κ1) is 14.4. The van der Waals surface area contributed by atoms with E-state index in [1.54, 1.807) is 0 Å². The molecule has 0 bridgehead atoms. The highest BCUT2D eigenvalue weighted by molar-refractivity contribution is 5.02. The molecule has 0 aromatic rings. The van der Waals surface area contributed by atoms with E-state index in [2.05, 4.69) is 32.2 Å². The van der Waals surface area contributed by atoms with Gasteiger partial charge >= 0.3 is 0 Å². The van der Waals surface area contributed by atoms with Crippen molar-refractivity contribution in [3.05, 3.63) is 0 Å². The van der Waals surface area contributed by atoms with Gasteiger partial charge in [0.2, 0.25) is 0 Å². The van der Waals surface area contributed by atoms with Gasteiger partial charge in [0.25, 0.3) is 0 Å². The summed E-state index contributed by atoms with van der Waals surface area (Å²) in [4.78, 5) is 0. The molecule has 0 spiro atoms. The second kappa shape index (κ2) is 6.81. The monoisotopic (exact) mass is 212 g/mol. The minimum Gasteiger partial charge on any atom is -0.378 e. The fourth-order valence-electron chi connectivity index (χ4n) is 1.12. The third kappa shape index (κ3) is 5.76. The molecule has 15 heavy (non-hydrogen) atoms. The number of hydrogen-bond donors (Lipinski definition) is 1. The molecule has 2 unspecified atom stereocenters. The van der Waals surface area contributed by atoms with Crippen LogP contribution in [0.25, 0.3) is 0 Å². The number of rotatable bonds is 7. The first-order valence-corrected chi connectivity index (χ1v) is 5.67. The van der Waals surface area contributed by atoms with Crippen molar-refractivity contribution >= 4 is 0 Å². The molecular formula is C12H24N2O. The largest absolute Gasteiger partial charge is 0.378 e. The standard InChI is InChI=1S/C12H24N2O/c1-10(2)11(3)15-8-6-7-12(4,9-13)14-5/h10-11,14H,6-8H2,1-5H3. The minimum absolute atomic E-state index is 0.299. The molecule has 0 aromatic heterocycles. The van der Waals surface area contributed by atoms with E-state index in [1.165, 1.54) is 0 Å². The third-order valence-corrected chi connectivity index (χ3v) is 2.94. The van der Waals surface area contributed by atoms with Crippen molar-refractivity contribution in [2.75, 3.05) is 13.7 Å². The maximum Gasteiger partial charge on any atom is 0.103 e. The minimum atomic E-state index is -0.412. The summed E-state index contributed by atoms with van der Waals surface area (Å²) < 4.78 is 5.65. The maximum atomic E-state index is 8.93. The molecule has 0 aliphatic rings. The van der Waals surface area contributed by atoms with Gasteiger partial charge in [-0.25, -0.2) is 0 Å². The van der Waals surface area contributed by atoms with E-state index >= 15 is 0 Å². The molecule has 3 nitrogen and oxygen atoms in total. The summed E-state index contributed by atoms with van der Waals surface area (Å²) >= 11 is 0. The summed E-state index contributed by atoms with van der Waals surface area (Å²) in [7, 11) is 1.82. The molecule has 1 N–H and O–H groups in total. The highest BCUT2D eigenvalue weighted by Gasteiger charge is 2.20. The molecule has 0 heterocycles. The van der Waals surface area contributed by atoms with E-state index in [0.717, 1.165) is 19.4 Å². The van der Waals surface area contributed by atoms with Crippen molar-refractivity contribution in [2.45, 2.75) is 52.2 Å². The fraction of sp³-hybridized carbons (Fsp3) is 0.917. The van der Waals surface area contributed by atoms with Gasteiger partial charge in [-0.2, -0.15) is 5.26 Å². The smallest absolute Gasteiger partial charge is 0.103 e. The summed E-state index contributed by atoms with van der Waals surface area (Å²) in [5.74, 6) is 0.552. The van der Waals surface area contributed by atoms with Crippen LogP contribution >= 0.6 is 0 Å². The number of ether oxygens (including phenoxy) is 1. The lowest BCUT2D eigenvalue weighted by atomic mass is 9.98. The fourth-order valence-corrected chi connectivity index (χ4v) is 1.12. The molecule has 0 radical (unpaired) electrons. The molecular weight excluding hydrogens is 188 g/mol. The Kier molecular flexibility index (Phi) is 6.55. The zero-order valence-corrected chi connectivity index (χ0v) is 10.6. The van der Waals surface area contributed by atoms with Gasteiger partial charge in [0, 0.05) is 6.61 Å². The van der Waals surface area contributed by atoms with Crippen LogP contribution in [0.1, 0.15) is 40.5 Å². The van der Waals surface area contributed by atoms with Gasteiger partial charge in [-0.15, -0.1) is 0 Å². The molecule has 3 heteroatoms. The van der Waals surface area contributed by atoms with Gasteiger partial charge in [-0.3, -0.25) is 0 Å². The normalized spacial score (nSPS) is 17.1. The van der Waals surface area contributed by atoms with E-state index in [4.69, 9.17) is 10.00 Å². The van der Waals surface area contributed by atoms with Crippen LogP contribution in [0, 0.1) is 17.2 Å². The molecule has 88 valence electrons. The highest BCUT2D eigenvalue weighted by atomic mass is 16.5. The molecule has 0 aliphatic heterocycles. The van der Waals surface area contributed by atoms with Crippen LogP contribution in [0.2, 0.25) is 0 Å². The molecule has 0 amide bonds. The quantitative estimate of drug-likeness (QED) is 0.659. The van der Waals surface area contributed by atoms with E-state index in [0.29, 0.717) is 12.0 Å². The molecule has 0 saturated heterocycles. The Balaban J connectivity index is 3.68. The van der Waals surface area contributed by atoms with Crippen molar-refractivity contribution in [3.8, 4) is 6.07 Å². The molecule has 2 atom stereocenters. The van der Waals surface area contributed by atoms with Crippen LogP contribution in [-0.4, -0.2) is 25.3 Å². The van der Waals surface area contributed by atoms with E-state index in [-0.39, 0.29) is 0 Å². The second-order valence-corrected chi connectivity index (χ2v) is 4.62. The van der Waals surface area contributed by atoms with Gasteiger partial charge in [0.15, 0.2) is 0 Å². The number of hydrogen-bond acceptors (Lipinski definition) is 3. The summed E-state index contributed by atoms with van der Waals surface area (Å²) in [5, 5.41) is 12.0. The lowest BCUT2D eigenvalue weighted by Crippen LogP contribution is -2.38. The number of nitriles is 1. The predicted octanol–water partition coefficient (Wildman–Crippen LogP) is 2.33. The lowest BCUT2D eigenvalue weighted by Gasteiger charge is -2.21. The zero-order chi connectivity index (χ0) is 11.9. The molecule has 0 aliphatic carbocycles. The number of nitrogens with one attached hydrogen (secondary N) is 1. The summed E-state index contributed by atoms with van der Waals surface area (Å²) in [6.07, 6.45) is 2.04. The average Bonchev–Trinajstić information content (AvgIpc) is 2.23. The summed E-state index contributed by atoms with van der Waals surface area (Å²) in [5.41, 5.74) is -0.412. The van der Waals surface area contributed by atoms with Crippen LogP contribution in [0.15, 0.2) is 0 Å². The van der Waals surface area contributed by atoms with Crippen molar-refractivity contribution in [1.29, 1.82) is 5.26 Å². The molecule has 0 rings (SSSR count). The topological polar surface area (TPSA) is 45.0 Å². The Morgan fingerprint density at radius 1 is 1.40 bits per heavy atom. The third-order valence-electron chi connectivity index (χ3n) is 2.94. The Hall–Kier alpha value is -0.590. The molecule has 0 saturated carbocycles. The zero-order valence-electron chi connectivity index (χ0n) is 10.6. The van der Waals surface area contributed by atoms with E-state index in [1.807, 2.05) is 14.0 Å². The van der Waals surface area contributed by atoms with Crippen molar-refractivity contribution in [3.63, 3.8) is 0 Å². The van der Waals surface area contributed by atoms with Gasteiger partial charge in [-0.1, -0.05) is 13.8 Å². The summed E-state index contributed by atoms with van der Waals surface area (Å²) in [6.45, 7) is 9.04. The first-order valence-electron chi connectivity index (χ1n) is 5.67. The van der Waals surface area contributed by atoms with Crippen LogP contribution in [-0.2, 0) is 4.74 Å². The van der Waals surface area contributed by atoms with Gasteiger partial charge in [0.1, 0.15) is 5.54 Å². The SMILES string of the molecule is CNC(C)(C#N)CCCOC(C)C(C)C. The number of nitrogens with zero attached hydrogens (tertiary/aromatic N) is 1. The van der Waals surface area contributed by atoms with Crippen LogP contribution in [0.5, 0.6) is 0 Å². The molecule has 0 aromatic carbocycles. The van der Waals surface area contributed by atoms with Gasteiger partial charge < -0.3 is 10.1 Å². The second-order valence-electron chi connectivity index (χ2n) is 4.62. The van der Waals surface area contributed by atoms with E-state index in [9.17, 15) is 0 Å². The van der Waals surface area contributed by atoms with Crippen LogP contribution in [0.4, 0.5) is 0 Å². The average molecular weight is 212 g/mol. The predicted molar refractivity (Wildman–Crippen MR) is 62.6 cm³/mol. The Morgan fingerprint density at radius 3 is 2.40 bits per heavy atom. The maximum absolute atomic E-state index is 8.93. The Labute approximate surface area is 93.8 Å². The first-order chi connectivity index (χ1) is 6.95. The highest BCUT2D eigenvalue weighted by Crippen LogP contribution is 2.12. The van der Waals surface area contributed by atoms with Crippen molar-refractivity contribution in [1.82, 2.24) is 5.32 Å². The van der Waals surface area contributed by atoms with Crippen LogP contribution in [0.3, 0.4) is 0 Å². The van der Waals surface area contributed by atoms with Gasteiger partial charge in [0.05, 0.1) is 12.2 Å². The van der Waals surface area contributed by atoms with Crippen LogP contribution < -0.4 is 5.32 Å². The summed E-state index contributed by atoms with van der Waals surface area (Å²) in [6, 6.07) is 2.27. The van der Waals surface area contributed by atoms with Gasteiger partial charge in [-0.05, 0) is 39.7 Å². The Morgan fingerprint density at radius 2 is 2.00 bits per heavy atom. The lowest BCUT2D eigenvalue weighted by molar-refractivity contribution is 0.0317. The van der Waals surface area contributed by atoms with E-state index < -0.39 is 5.54 Å². The Bertz CT molecular complexity index is 210.